The van der Waals surface area contributed by atoms with Crippen LogP contribution in [-0.2, 0) is 4.74 Å². The zero-order valence-electron chi connectivity index (χ0n) is 11.0. The number of hydrogen-bond acceptors (Lipinski definition) is 3. The second-order valence-electron chi connectivity index (χ2n) is 4.94. The fraction of sp³-hybridized carbons (Fsp3) is 0.500. The molecular formula is C14H19BrN2O2. The van der Waals surface area contributed by atoms with Gasteiger partial charge in [-0.25, -0.2) is 0 Å². The van der Waals surface area contributed by atoms with E-state index in [-0.39, 0.29) is 11.9 Å². The molecule has 1 unspecified atom stereocenters. The van der Waals surface area contributed by atoms with E-state index in [1.807, 2.05) is 13.0 Å². The highest BCUT2D eigenvalue weighted by atomic mass is 79.9. The lowest BCUT2D eigenvalue weighted by atomic mass is 9.92. The van der Waals surface area contributed by atoms with Crippen LogP contribution in [-0.4, -0.2) is 25.2 Å². The molecule has 1 atom stereocenters. The third-order valence-corrected chi connectivity index (χ3v) is 4.08. The van der Waals surface area contributed by atoms with E-state index in [1.165, 1.54) is 0 Å². The molecule has 1 aliphatic rings. The van der Waals surface area contributed by atoms with Crippen molar-refractivity contribution in [3.63, 3.8) is 0 Å². The molecular weight excluding hydrogens is 308 g/mol. The largest absolute Gasteiger partial charge is 0.398 e. The van der Waals surface area contributed by atoms with Gasteiger partial charge in [-0.1, -0.05) is 15.9 Å². The highest BCUT2D eigenvalue weighted by molar-refractivity contribution is 9.10. The van der Waals surface area contributed by atoms with Gasteiger partial charge < -0.3 is 15.8 Å². The van der Waals surface area contributed by atoms with Gasteiger partial charge in [0, 0.05) is 29.4 Å². The standard InChI is InChI=1S/C14H19BrN2O2/c1-9(10-4-6-19-7-5-10)17-14(18)12-3-2-11(15)8-13(12)16/h2-3,8-10H,4-7,16H2,1H3,(H,17,18). The van der Waals surface area contributed by atoms with E-state index in [9.17, 15) is 4.79 Å². The van der Waals surface area contributed by atoms with Gasteiger partial charge in [-0.3, -0.25) is 4.79 Å². The predicted molar refractivity (Wildman–Crippen MR) is 79.0 cm³/mol. The van der Waals surface area contributed by atoms with E-state index in [1.54, 1.807) is 12.1 Å². The molecule has 1 aromatic carbocycles. The van der Waals surface area contributed by atoms with E-state index in [2.05, 4.69) is 21.2 Å². The minimum absolute atomic E-state index is 0.107. The molecule has 104 valence electrons. The lowest BCUT2D eigenvalue weighted by molar-refractivity contribution is 0.0538. The fourth-order valence-corrected chi connectivity index (χ4v) is 2.74. The number of nitrogen functional groups attached to an aromatic ring is 1. The Labute approximate surface area is 121 Å². The van der Waals surface area contributed by atoms with Crippen LogP contribution in [0.3, 0.4) is 0 Å². The molecule has 1 amide bonds. The van der Waals surface area contributed by atoms with Gasteiger partial charge in [0.05, 0.1) is 5.56 Å². The average molecular weight is 327 g/mol. The van der Waals surface area contributed by atoms with Crippen LogP contribution in [0.2, 0.25) is 0 Å². The van der Waals surface area contributed by atoms with Gasteiger partial charge in [-0.15, -0.1) is 0 Å². The third kappa shape index (κ3) is 3.70. The van der Waals surface area contributed by atoms with Crippen LogP contribution in [0.25, 0.3) is 0 Å². The Morgan fingerprint density at radius 2 is 2.16 bits per heavy atom. The Hall–Kier alpha value is -1.07. The number of hydrogen-bond donors (Lipinski definition) is 2. The highest BCUT2D eigenvalue weighted by Crippen LogP contribution is 2.21. The highest BCUT2D eigenvalue weighted by Gasteiger charge is 2.22. The molecule has 1 saturated heterocycles. The second kappa shape index (κ2) is 6.39. The summed E-state index contributed by atoms with van der Waals surface area (Å²) in [7, 11) is 0. The summed E-state index contributed by atoms with van der Waals surface area (Å²) in [6, 6.07) is 5.45. The van der Waals surface area contributed by atoms with Gasteiger partial charge >= 0.3 is 0 Å². The normalized spacial score (nSPS) is 18.0. The molecule has 2 rings (SSSR count). The number of carbonyl (C=O) groups is 1. The molecule has 0 aliphatic carbocycles. The van der Waals surface area contributed by atoms with Crippen LogP contribution in [0.4, 0.5) is 5.69 Å². The Bertz CT molecular complexity index is 459. The Morgan fingerprint density at radius 3 is 2.79 bits per heavy atom. The number of rotatable bonds is 3. The van der Waals surface area contributed by atoms with Crippen LogP contribution >= 0.6 is 15.9 Å². The van der Waals surface area contributed by atoms with Crippen molar-refractivity contribution in [1.82, 2.24) is 5.32 Å². The van der Waals surface area contributed by atoms with Crippen LogP contribution in [0.1, 0.15) is 30.1 Å². The summed E-state index contributed by atoms with van der Waals surface area (Å²) >= 11 is 3.33. The summed E-state index contributed by atoms with van der Waals surface area (Å²) in [4.78, 5) is 12.2. The van der Waals surface area contributed by atoms with E-state index < -0.39 is 0 Å². The predicted octanol–water partition coefficient (Wildman–Crippen LogP) is 2.58. The number of benzene rings is 1. The first-order valence-corrected chi connectivity index (χ1v) is 7.31. The Morgan fingerprint density at radius 1 is 1.47 bits per heavy atom. The van der Waals surface area contributed by atoms with Crippen LogP contribution in [0, 0.1) is 5.92 Å². The van der Waals surface area contributed by atoms with E-state index in [0.29, 0.717) is 17.2 Å². The van der Waals surface area contributed by atoms with Gasteiger partial charge in [-0.05, 0) is 43.9 Å². The van der Waals surface area contributed by atoms with Crippen molar-refractivity contribution in [2.45, 2.75) is 25.8 Å². The molecule has 0 bridgehead atoms. The van der Waals surface area contributed by atoms with Gasteiger partial charge in [0.25, 0.3) is 5.91 Å². The quantitative estimate of drug-likeness (QED) is 0.839. The maximum absolute atomic E-state index is 12.2. The zero-order chi connectivity index (χ0) is 13.8. The maximum atomic E-state index is 12.2. The molecule has 4 nitrogen and oxygen atoms in total. The zero-order valence-corrected chi connectivity index (χ0v) is 12.6. The number of carbonyl (C=O) groups excluding carboxylic acids is 1. The first-order valence-electron chi connectivity index (χ1n) is 6.51. The molecule has 1 aliphatic heterocycles. The molecule has 0 radical (unpaired) electrons. The average Bonchev–Trinajstić information content (AvgIpc) is 2.39. The van der Waals surface area contributed by atoms with Crippen LogP contribution in [0.15, 0.2) is 22.7 Å². The SMILES string of the molecule is CC(NC(=O)c1ccc(Br)cc1N)C1CCOCC1. The van der Waals surface area contributed by atoms with Crippen molar-refractivity contribution in [2.24, 2.45) is 5.92 Å². The van der Waals surface area contributed by atoms with E-state index in [4.69, 9.17) is 10.5 Å². The van der Waals surface area contributed by atoms with Crippen molar-refractivity contribution in [2.75, 3.05) is 18.9 Å². The molecule has 0 saturated carbocycles. The first-order chi connectivity index (χ1) is 9.08. The van der Waals surface area contributed by atoms with E-state index in [0.717, 1.165) is 30.5 Å². The number of nitrogens with one attached hydrogen (secondary N) is 1. The van der Waals surface area contributed by atoms with Gasteiger partial charge in [0.1, 0.15) is 0 Å². The summed E-state index contributed by atoms with van der Waals surface area (Å²) in [5.41, 5.74) is 6.89. The minimum atomic E-state index is -0.107. The smallest absolute Gasteiger partial charge is 0.253 e. The number of ether oxygens (including phenoxy) is 1. The van der Waals surface area contributed by atoms with Crippen molar-refractivity contribution < 1.29 is 9.53 Å². The maximum Gasteiger partial charge on any atom is 0.253 e. The van der Waals surface area contributed by atoms with Crippen LogP contribution in [0.5, 0.6) is 0 Å². The summed E-state index contributed by atoms with van der Waals surface area (Å²) < 4.78 is 6.21. The Kier molecular flexibility index (Phi) is 4.82. The number of halogens is 1. The molecule has 0 aromatic heterocycles. The summed E-state index contributed by atoms with van der Waals surface area (Å²) in [6.07, 6.45) is 1.99. The molecule has 1 fully saturated rings. The molecule has 3 N–H and O–H groups in total. The van der Waals surface area contributed by atoms with Crippen molar-refractivity contribution in [1.29, 1.82) is 0 Å². The van der Waals surface area contributed by atoms with Crippen molar-refractivity contribution >= 4 is 27.5 Å². The summed E-state index contributed by atoms with van der Waals surface area (Å²) in [5.74, 6) is 0.373. The Balaban J connectivity index is 1.99. The molecule has 1 aromatic rings. The number of amides is 1. The minimum Gasteiger partial charge on any atom is -0.398 e. The fourth-order valence-electron chi connectivity index (χ4n) is 2.36. The summed E-state index contributed by atoms with van der Waals surface area (Å²) in [5, 5.41) is 3.04. The second-order valence-corrected chi connectivity index (χ2v) is 5.86. The van der Waals surface area contributed by atoms with Gasteiger partial charge in [-0.2, -0.15) is 0 Å². The number of anilines is 1. The summed E-state index contributed by atoms with van der Waals surface area (Å²) in [6.45, 7) is 3.61. The van der Waals surface area contributed by atoms with Crippen molar-refractivity contribution in [3.05, 3.63) is 28.2 Å². The monoisotopic (exact) mass is 326 g/mol. The van der Waals surface area contributed by atoms with Crippen LogP contribution < -0.4 is 11.1 Å². The van der Waals surface area contributed by atoms with Crippen molar-refractivity contribution in [3.8, 4) is 0 Å². The van der Waals surface area contributed by atoms with Gasteiger partial charge in [0.15, 0.2) is 0 Å². The lowest BCUT2D eigenvalue weighted by Gasteiger charge is -2.28. The third-order valence-electron chi connectivity index (χ3n) is 3.59. The van der Waals surface area contributed by atoms with E-state index >= 15 is 0 Å². The molecule has 0 spiro atoms. The molecule has 1 heterocycles. The molecule has 19 heavy (non-hydrogen) atoms. The lowest BCUT2D eigenvalue weighted by Crippen LogP contribution is -2.40. The number of nitrogens with two attached hydrogens (primary N) is 1. The van der Waals surface area contributed by atoms with Gasteiger partial charge in [0.2, 0.25) is 0 Å². The topological polar surface area (TPSA) is 64.4 Å². The molecule has 5 heteroatoms. The first kappa shape index (κ1) is 14.3.